The van der Waals surface area contributed by atoms with E-state index < -0.39 is 0 Å². The minimum Gasteiger partial charge on any atom is -0.309 e. The highest BCUT2D eigenvalue weighted by molar-refractivity contribution is 5.10. The standard InChI is InChI=1S/C14H26N4/c1-5-13-7-14(18(6-2)16-13)10-17-8-11(3)15-12(4)9-17/h7,11-12,15H,5-6,8-10H2,1-4H3. The van der Waals surface area contributed by atoms with Crippen molar-refractivity contribution in [3.05, 3.63) is 17.5 Å². The Morgan fingerprint density at radius 2 is 1.94 bits per heavy atom. The fraction of sp³-hybridized carbons (Fsp3) is 0.786. The normalized spacial score (nSPS) is 25.6. The molecule has 18 heavy (non-hydrogen) atoms. The second-order valence-corrected chi connectivity index (χ2v) is 5.46. The molecule has 1 N–H and O–H groups in total. The summed E-state index contributed by atoms with van der Waals surface area (Å²) in [6.45, 7) is 13.1. The first-order chi connectivity index (χ1) is 8.62. The van der Waals surface area contributed by atoms with Gasteiger partial charge in [0.15, 0.2) is 0 Å². The smallest absolute Gasteiger partial charge is 0.0625 e. The van der Waals surface area contributed by atoms with E-state index in [9.17, 15) is 0 Å². The number of aryl methyl sites for hydroxylation is 2. The number of nitrogens with zero attached hydrogens (tertiary/aromatic N) is 3. The fourth-order valence-electron chi connectivity index (χ4n) is 2.89. The molecule has 0 amide bonds. The lowest BCUT2D eigenvalue weighted by Crippen LogP contribution is -2.53. The lowest BCUT2D eigenvalue weighted by Gasteiger charge is -2.36. The number of piperazine rings is 1. The van der Waals surface area contributed by atoms with Gasteiger partial charge in [-0.25, -0.2) is 0 Å². The summed E-state index contributed by atoms with van der Waals surface area (Å²) in [4.78, 5) is 2.54. The predicted octanol–water partition coefficient (Wildman–Crippen LogP) is 1.65. The maximum atomic E-state index is 4.63. The van der Waals surface area contributed by atoms with Crippen LogP contribution in [-0.2, 0) is 19.5 Å². The van der Waals surface area contributed by atoms with Gasteiger partial charge in [0.05, 0.1) is 11.4 Å². The van der Waals surface area contributed by atoms with E-state index in [4.69, 9.17) is 0 Å². The van der Waals surface area contributed by atoms with E-state index in [0.717, 1.165) is 32.6 Å². The average molecular weight is 250 g/mol. The molecule has 0 aliphatic carbocycles. The monoisotopic (exact) mass is 250 g/mol. The van der Waals surface area contributed by atoms with Gasteiger partial charge < -0.3 is 5.32 Å². The minimum absolute atomic E-state index is 0.581. The second-order valence-electron chi connectivity index (χ2n) is 5.46. The Hall–Kier alpha value is -0.870. The third-order valence-corrected chi connectivity index (χ3v) is 3.59. The largest absolute Gasteiger partial charge is 0.309 e. The lowest BCUT2D eigenvalue weighted by atomic mass is 10.1. The van der Waals surface area contributed by atoms with Crippen molar-refractivity contribution in [2.45, 2.75) is 59.3 Å². The molecule has 0 spiro atoms. The van der Waals surface area contributed by atoms with Crippen LogP contribution in [0.25, 0.3) is 0 Å². The van der Waals surface area contributed by atoms with Crippen molar-refractivity contribution in [2.75, 3.05) is 13.1 Å². The van der Waals surface area contributed by atoms with Gasteiger partial charge in [0.1, 0.15) is 0 Å². The quantitative estimate of drug-likeness (QED) is 0.882. The molecule has 1 saturated heterocycles. The Morgan fingerprint density at radius 1 is 1.28 bits per heavy atom. The third kappa shape index (κ3) is 3.12. The Balaban J connectivity index is 2.05. The summed E-state index contributed by atoms with van der Waals surface area (Å²) in [6.07, 6.45) is 1.02. The molecule has 1 aliphatic heterocycles. The molecule has 1 aliphatic rings. The summed E-state index contributed by atoms with van der Waals surface area (Å²) in [6, 6.07) is 3.43. The first-order valence-corrected chi connectivity index (χ1v) is 7.16. The number of aromatic nitrogens is 2. The third-order valence-electron chi connectivity index (χ3n) is 3.59. The molecule has 1 aromatic heterocycles. The van der Waals surface area contributed by atoms with Gasteiger partial charge in [-0.3, -0.25) is 9.58 Å². The molecule has 102 valence electrons. The molecule has 0 aromatic carbocycles. The number of hydrogen-bond acceptors (Lipinski definition) is 3. The molecule has 2 heterocycles. The van der Waals surface area contributed by atoms with E-state index in [-0.39, 0.29) is 0 Å². The maximum Gasteiger partial charge on any atom is 0.0625 e. The molecular weight excluding hydrogens is 224 g/mol. The summed E-state index contributed by atoms with van der Waals surface area (Å²) < 4.78 is 2.15. The molecule has 1 aromatic rings. The number of nitrogens with one attached hydrogen (secondary N) is 1. The van der Waals surface area contributed by atoms with Crippen molar-refractivity contribution < 1.29 is 0 Å². The summed E-state index contributed by atoms with van der Waals surface area (Å²) in [7, 11) is 0. The van der Waals surface area contributed by atoms with Gasteiger partial charge in [-0.15, -0.1) is 0 Å². The summed E-state index contributed by atoms with van der Waals surface area (Å²) in [5, 5.41) is 8.20. The van der Waals surface area contributed by atoms with Crippen LogP contribution in [0.5, 0.6) is 0 Å². The van der Waals surface area contributed by atoms with Crippen molar-refractivity contribution >= 4 is 0 Å². The van der Waals surface area contributed by atoms with E-state index in [1.54, 1.807) is 0 Å². The zero-order chi connectivity index (χ0) is 13.1. The summed E-state index contributed by atoms with van der Waals surface area (Å²) >= 11 is 0. The van der Waals surface area contributed by atoms with Gasteiger partial charge >= 0.3 is 0 Å². The first kappa shape index (κ1) is 13.6. The van der Waals surface area contributed by atoms with Crippen molar-refractivity contribution in [1.82, 2.24) is 20.0 Å². The second kappa shape index (κ2) is 5.85. The molecule has 4 heteroatoms. The summed E-state index contributed by atoms with van der Waals surface area (Å²) in [5.41, 5.74) is 2.57. The van der Waals surface area contributed by atoms with Gasteiger partial charge in [-0.1, -0.05) is 6.92 Å². The molecule has 2 unspecified atom stereocenters. The van der Waals surface area contributed by atoms with Crippen molar-refractivity contribution in [1.29, 1.82) is 0 Å². The van der Waals surface area contributed by atoms with Crippen molar-refractivity contribution in [3.63, 3.8) is 0 Å². The Kier molecular flexibility index (Phi) is 4.40. The molecular formula is C14H26N4. The van der Waals surface area contributed by atoms with Crippen LogP contribution in [-0.4, -0.2) is 39.9 Å². The highest BCUT2D eigenvalue weighted by atomic mass is 15.3. The topological polar surface area (TPSA) is 33.1 Å². The van der Waals surface area contributed by atoms with Crippen LogP contribution in [0, 0.1) is 0 Å². The van der Waals surface area contributed by atoms with Crippen LogP contribution in [0.2, 0.25) is 0 Å². The van der Waals surface area contributed by atoms with E-state index >= 15 is 0 Å². The highest BCUT2D eigenvalue weighted by Crippen LogP contribution is 2.12. The van der Waals surface area contributed by atoms with E-state index in [2.05, 4.69) is 53.8 Å². The number of hydrogen-bond donors (Lipinski definition) is 1. The van der Waals surface area contributed by atoms with Crippen LogP contribution in [0.15, 0.2) is 6.07 Å². The average Bonchev–Trinajstić information content (AvgIpc) is 2.70. The SMILES string of the molecule is CCc1cc(CN2CC(C)NC(C)C2)n(CC)n1. The van der Waals surface area contributed by atoms with Crippen molar-refractivity contribution in [3.8, 4) is 0 Å². The van der Waals surface area contributed by atoms with E-state index in [0.29, 0.717) is 12.1 Å². The predicted molar refractivity (Wildman–Crippen MR) is 74.6 cm³/mol. The Labute approximate surface area is 110 Å². The lowest BCUT2D eigenvalue weighted by molar-refractivity contribution is 0.162. The van der Waals surface area contributed by atoms with Gasteiger partial charge in [-0.05, 0) is 33.3 Å². The molecule has 2 atom stereocenters. The maximum absolute atomic E-state index is 4.63. The molecule has 4 nitrogen and oxygen atoms in total. The minimum atomic E-state index is 0.581. The van der Waals surface area contributed by atoms with Crippen molar-refractivity contribution in [2.24, 2.45) is 0 Å². The van der Waals surface area contributed by atoms with Crippen LogP contribution < -0.4 is 5.32 Å². The number of rotatable bonds is 4. The Morgan fingerprint density at radius 3 is 2.50 bits per heavy atom. The molecule has 0 saturated carbocycles. The molecule has 1 fully saturated rings. The zero-order valence-electron chi connectivity index (χ0n) is 12.1. The van der Waals surface area contributed by atoms with Crippen LogP contribution in [0.1, 0.15) is 39.1 Å². The fourth-order valence-corrected chi connectivity index (χ4v) is 2.89. The van der Waals surface area contributed by atoms with E-state index in [1.165, 1.54) is 11.4 Å². The van der Waals surface area contributed by atoms with Gasteiger partial charge in [-0.2, -0.15) is 5.10 Å². The van der Waals surface area contributed by atoms with Crippen LogP contribution in [0.4, 0.5) is 0 Å². The van der Waals surface area contributed by atoms with Crippen LogP contribution in [0.3, 0.4) is 0 Å². The molecule has 0 bridgehead atoms. The Bertz CT molecular complexity index is 375. The van der Waals surface area contributed by atoms with Gasteiger partial charge in [0, 0.05) is 38.3 Å². The van der Waals surface area contributed by atoms with Crippen LogP contribution >= 0.6 is 0 Å². The summed E-state index contributed by atoms with van der Waals surface area (Å²) in [5.74, 6) is 0. The van der Waals surface area contributed by atoms with Gasteiger partial charge in [0.25, 0.3) is 0 Å². The van der Waals surface area contributed by atoms with Gasteiger partial charge in [0.2, 0.25) is 0 Å². The molecule has 2 rings (SSSR count). The highest BCUT2D eigenvalue weighted by Gasteiger charge is 2.21. The zero-order valence-corrected chi connectivity index (χ0v) is 12.1. The van der Waals surface area contributed by atoms with E-state index in [1.807, 2.05) is 0 Å². The first-order valence-electron chi connectivity index (χ1n) is 7.16. The molecule has 0 radical (unpaired) electrons.